The summed E-state index contributed by atoms with van der Waals surface area (Å²) in [6, 6.07) is 5.41. The Morgan fingerprint density at radius 3 is 2.69 bits per heavy atom. The molecule has 1 aromatic rings. The van der Waals surface area contributed by atoms with E-state index in [1.54, 1.807) is 12.1 Å². The molecule has 0 bridgehead atoms. The van der Waals surface area contributed by atoms with Crippen molar-refractivity contribution in [1.82, 2.24) is 4.90 Å². The predicted molar refractivity (Wildman–Crippen MR) is 67.8 cm³/mol. The summed E-state index contributed by atoms with van der Waals surface area (Å²) in [6.45, 7) is 5.45. The average molecular weight is 286 g/mol. The molecule has 0 spiro atoms. The molecule has 0 N–H and O–H groups in total. The number of hydrogen-bond acceptors (Lipinski definition) is 1. The number of halogens is 2. The van der Waals surface area contributed by atoms with Gasteiger partial charge in [0.05, 0.1) is 4.47 Å². The van der Waals surface area contributed by atoms with E-state index >= 15 is 0 Å². The number of nitrogens with zero attached hydrogens (tertiary/aromatic N) is 1. The van der Waals surface area contributed by atoms with Crippen LogP contribution in [0, 0.1) is 11.7 Å². The van der Waals surface area contributed by atoms with Crippen molar-refractivity contribution < 1.29 is 4.39 Å². The van der Waals surface area contributed by atoms with Crippen LogP contribution in [0.25, 0.3) is 0 Å². The molecule has 88 valence electrons. The molecule has 16 heavy (non-hydrogen) atoms. The SMILES string of the molecule is CC1CCN(Cc2ccc(Br)c(F)c2)CC1. The molecule has 0 amide bonds. The zero-order valence-electron chi connectivity index (χ0n) is 9.55. The maximum Gasteiger partial charge on any atom is 0.137 e. The van der Waals surface area contributed by atoms with Gasteiger partial charge >= 0.3 is 0 Å². The Morgan fingerprint density at radius 1 is 1.38 bits per heavy atom. The second-order valence-electron chi connectivity index (χ2n) is 4.71. The zero-order valence-corrected chi connectivity index (χ0v) is 11.1. The monoisotopic (exact) mass is 285 g/mol. The molecule has 1 aliphatic heterocycles. The van der Waals surface area contributed by atoms with Crippen LogP contribution in [0.5, 0.6) is 0 Å². The van der Waals surface area contributed by atoms with Gasteiger partial charge in [-0.15, -0.1) is 0 Å². The fourth-order valence-electron chi connectivity index (χ4n) is 2.12. The van der Waals surface area contributed by atoms with Gasteiger partial charge in [-0.05, 0) is 65.5 Å². The summed E-state index contributed by atoms with van der Waals surface area (Å²) >= 11 is 3.17. The van der Waals surface area contributed by atoms with Gasteiger partial charge in [0.15, 0.2) is 0 Å². The van der Waals surface area contributed by atoms with Gasteiger partial charge in [0.2, 0.25) is 0 Å². The number of benzene rings is 1. The Balaban J connectivity index is 1.96. The lowest BCUT2D eigenvalue weighted by Crippen LogP contribution is -2.32. The van der Waals surface area contributed by atoms with E-state index in [0.29, 0.717) is 4.47 Å². The minimum atomic E-state index is -0.164. The Hall–Kier alpha value is -0.410. The molecule has 1 aliphatic rings. The van der Waals surface area contributed by atoms with Crippen molar-refractivity contribution in [3.63, 3.8) is 0 Å². The summed E-state index contributed by atoms with van der Waals surface area (Å²) < 4.78 is 13.9. The van der Waals surface area contributed by atoms with E-state index in [1.165, 1.54) is 12.8 Å². The van der Waals surface area contributed by atoms with Crippen molar-refractivity contribution in [2.24, 2.45) is 5.92 Å². The van der Waals surface area contributed by atoms with Gasteiger partial charge in [-0.1, -0.05) is 13.0 Å². The minimum Gasteiger partial charge on any atom is -0.299 e. The molecule has 1 nitrogen and oxygen atoms in total. The molecule has 0 saturated carbocycles. The molecule has 1 aromatic carbocycles. The molecule has 0 aliphatic carbocycles. The maximum atomic E-state index is 13.3. The molecule has 2 rings (SSSR count). The Labute approximate surface area is 105 Å². The van der Waals surface area contributed by atoms with Gasteiger partial charge in [0.1, 0.15) is 5.82 Å². The van der Waals surface area contributed by atoms with E-state index in [0.717, 1.165) is 31.1 Å². The van der Waals surface area contributed by atoms with Gasteiger partial charge in [0.25, 0.3) is 0 Å². The largest absolute Gasteiger partial charge is 0.299 e. The first-order chi connectivity index (χ1) is 7.65. The number of piperidine rings is 1. The second-order valence-corrected chi connectivity index (χ2v) is 5.56. The highest BCUT2D eigenvalue weighted by Crippen LogP contribution is 2.20. The van der Waals surface area contributed by atoms with E-state index in [-0.39, 0.29) is 5.82 Å². The first-order valence-corrected chi connectivity index (χ1v) is 6.61. The highest BCUT2D eigenvalue weighted by atomic mass is 79.9. The molecule has 3 heteroatoms. The van der Waals surface area contributed by atoms with Crippen LogP contribution in [0.4, 0.5) is 4.39 Å². The summed E-state index contributed by atoms with van der Waals surface area (Å²) in [5.74, 6) is 0.681. The van der Waals surface area contributed by atoms with Gasteiger partial charge in [-0.25, -0.2) is 4.39 Å². The van der Waals surface area contributed by atoms with Gasteiger partial charge in [-0.2, -0.15) is 0 Å². The first kappa shape index (κ1) is 12.1. The maximum absolute atomic E-state index is 13.3. The summed E-state index contributed by atoms with van der Waals surface area (Å²) in [5, 5.41) is 0. The Kier molecular flexibility index (Phi) is 3.98. The van der Waals surface area contributed by atoms with Crippen LogP contribution in [0.1, 0.15) is 25.3 Å². The van der Waals surface area contributed by atoms with Crippen LogP contribution in [-0.2, 0) is 6.54 Å². The van der Waals surface area contributed by atoms with Gasteiger partial charge < -0.3 is 0 Å². The van der Waals surface area contributed by atoms with Crippen LogP contribution in [0.15, 0.2) is 22.7 Å². The van der Waals surface area contributed by atoms with Crippen molar-refractivity contribution in [2.75, 3.05) is 13.1 Å². The minimum absolute atomic E-state index is 0.164. The summed E-state index contributed by atoms with van der Waals surface area (Å²) in [7, 11) is 0. The summed E-state index contributed by atoms with van der Waals surface area (Å²) in [6.07, 6.45) is 2.53. The topological polar surface area (TPSA) is 3.24 Å². The standard InChI is InChI=1S/C13H17BrFN/c1-10-4-6-16(7-5-10)9-11-2-3-12(14)13(15)8-11/h2-3,8,10H,4-7,9H2,1H3. The average Bonchev–Trinajstić information content (AvgIpc) is 2.27. The lowest BCUT2D eigenvalue weighted by molar-refractivity contribution is 0.185. The second kappa shape index (κ2) is 5.28. The van der Waals surface area contributed by atoms with E-state index in [1.807, 2.05) is 6.07 Å². The molecular formula is C13H17BrFN. The zero-order chi connectivity index (χ0) is 11.5. The number of hydrogen-bond donors (Lipinski definition) is 0. The molecule has 0 unspecified atom stereocenters. The quantitative estimate of drug-likeness (QED) is 0.799. The van der Waals surface area contributed by atoms with Crippen molar-refractivity contribution in [3.8, 4) is 0 Å². The van der Waals surface area contributed by atoms with E-state index < -0.39 is 0 Å². The molecule has 0 radical (unpaired) electrons. The lowest BCUT2D eigenvalue weighted by Gasteiger charge is -2.30. The number of rotatable bonds is 2. The fraction of sp³-hybridized carbons (Fsp3) is 0.538. The van der Waals surface area contributed by atoms with Crippen LogP contribution in [-0.4, -0.2) is 18.0 Å². The number of likely N-dealkylation sites (tertiary alicyclic amines) is 1. The first-order valence-electron chi connectivity index (χ1n) is 5.81. The fourth-order valence-corrected chi connectivity index (χ4v) is 2.36. The third-order valence-electron chi connectivity index (χ3n) is 3.27. The highest BCUT2D eigenvalue weighted by molar-refractivity contribution is 9.10. The molecule has 1 saturated heterocycles. The smallest absolute Gasteiger partial charge is 0.137 e. The van der Waals surface area contributed by atoms with Crippen molar-refractivity contribution in [3.05, 3.63) is 34.1 Å². The van der Waals surface area contributed by atoms with E-state index in [2.05, 4.69) is 27.8 Å². The van der Waals surface area contributed by atoms with Crippen LogP contribution < -0.4 is 0 Å². The van der Waals surface area contributed by atoms with E-state index in [9.17, 15) is 4.39 Å². The van der Waals surface area contributed by atoms with Crippen molar-refractivity contribution in [1.29, 1.82) is 0 Å². The summed E-state index contributed by atoms with van der Waals surface area (Å²) in [4.78, 5) is 2.41. The van der Waals surface area contributed by atoms with Crippen LogP contribution >= 0.6 is 15.9 Å². The van der Waals surface area contributed by atoms with Crippen LogP contribution in [0.3, 0.4) is 0 Å². The molecule has 0 atom stereocenters. The van der Waals surface area contributed by atoms with Crippen molar-refractivity contribution in [2.45, 2.75) is 26.3 Å². The Bertz CT molecular complexity index is 359. The van der Waals surface area contributed by atoms with E-state index in [4.69, 9.17) is 0 Å². The molecule has 0 aromatic heterocycles. The van der Waals surface area contributed by atoms with Gasteiger partial charge in [0, 0.05) is 6.54 Å². The normalized spacial score (nSPS) is 18.9. The Morgan fingerprint density at radius 2 is 2.06 bits per heavy atom. The lowest BCUT2D eigenvalue weighted by atomic mass is 9.99. The van der Waals surface area contributed by atoms with Crippen LogP contribution in [0.2, 0.25) is 0 Å². The molecular weight excluding hydrogens is 269 g/mol. The summed E-state index contributed by atoms with van der Waals surface area (Å²) in [5.41, 5.74) is 1.07. The molecule has 1 fully saturated rings. The third-order valence-corrected chi connectivity index (χ3v) is 3.91. The predicted octanol–water partition coefficient (Wildman–Crippen LogP) is 3.82. The van der Waals surface area contributed by atoms with Gasteiger partial charge in [-0.3, -0.25) is 4.90 Å². The third kappa shape index (κ3) is 3.05. The molecule has 1 heterocycles. The highest BCUT2D eigenvalue weighted by Gasteiger charge is 2.15. The van der Waals surface area contributed by atoms with Crippen molar-refractivity contribution >= 4 is 15.9 Å².